The Balaban J connectivity index is 2.79. The van der Waals surface area contributed by atoms with Crippen LogP contribution in [0.1, 0.15) is 33.6 Å². The molecule has 1 rings (SSSR count). The topological polar surface area (TPSA) is 49.9 Å². The van der Waals surface area contributed by atoms with Crippen molar-refractivity contribution in [2.75, 3.05) is 20.1 Å². The van der Waals surface area contributed by atoms with Crippen molar-refractivity contribution in [3.05, 3.63) is 0 Å². The molecule has 1 saturated heterocycles. The maximum absolute atomic E-state index is 12.4. The summed E-state index contributed by atoms with van der Waals surface area (Å²) in [6.07, 6.45) is -3.59. The SMILES string of the molecule is CN1CCN(C(=O)OC(C)(C)C)C(CCC(F)F)C1=O. The number of carbonyl (C=O) groups excluding carboxylic acids is 2. The van der Waals surface area contributed by atoms with Crippen molar-refractivity contribution in [1.29, 1.82) is 0 Å². The number of likely N-dealkylation sites (N-methyl/N-ethyl adjacent to an activating group) is 1. The molecule has 1 heterocycles. The third-order valence-electron chi connectivity index (χ3n) is 3.00. The monoisotopic (exact) mass is 292 g/mol. The number of nitrogens with zero attached hydrogens (tertiary/aromatic N) is 2. The number of hydrogen-bond acceptors (Lipinski definition) is 3. The number of piperazine rings is 1. The van der Waals surface area contributed by atoms with Crippen molar-refractivity contribution in [1.82, 2.24) is 9.80 Å². The summed E-state index contributed by atoms with van der Waals surface area (Å²) < 4.78 is 29.9. The molecule has 0 aromatic carbocycles. The maximum atomic E-state index is 12.4. The fraction of sp³-hybridized carbons (Fsp3) is 0.846. The highest BCUT2D eigenvalue weighted by Crippen LogP contribution is 2.20. The second-order valence-corrected chi connectivity index (χ2v) is 5.92. The van der Waals surface area contributed by atoms with Gasteiger partial charge < -0.3 is 9.64 Å². The summed E-state index contributed by atoms with van der Waals surface area (Å²) >= 11 is 0. The summed E-state index contributed by atoms with van der Waals surface area (Å²) in [7, 11) is 1.60. The molecule has 116 valence electrons. The Morgan fingerprint density at radius 3 is 2.50 bits per heavy atom. The molecule has 0 saturated carbocycles. The Kier molecular flexibility index (Phi) is 5.30. The normalized spacial score (nSPS) is 20.6. The van der Waals surface area contributed by atoms with Crippen molar-refractivity contribution in [3.63, 3.8) is 0 Å². The number of alkyl halides is 2. The fourth-order valence-corrected chi connectivity index (χ4v) is 2.01. The van der Waals surface area contributed by atoms with E-state index in [0.717, 1.165) is 0 Å². The van der Waals surface area contributed by atoms with Crippen LogP contribution in [0.5, 0.6) is 0 Å². The average molecular weight is 292 g/mol. The van der Waals surface area contributed by atoms with Crippen LogP contribution in [0.3, 0.4) is 0 Å². The molecule has 0 bridgehead atoms. The van der Waals surface area contributed by atoms with Crippen LogP contribution in [-0.4, -0.2) is 60.0 Å². The minimum atomic E-state index is -2.49. The average Bonchev–Trinajstić information content (AvgIpc) is 2.28. The van der Waals surface area contributed by atoms with Gasteiger partial charge in [0.05, 0.1) is 0 Å². The minimum Gasteiger partial charge on any atom is -0.444 e. The van der Waals surface area contributed by atoms with E-state index < -0.39 is 30.6 Å². The lowest BCUT2D eigenvalue weighted by Gasteiger charge is -2.39. The van der Waals surface area contributed by atoms with Crippen molar-refractivity contribution < 1.29 is 23.1 Å². The van der Waals surface area contributed by atoms with Crippen LogP contribution in [0.4, 0.5) is 13.6 Å². The van der Waals surface area contributed by atoms with Gasteiger partial charge in [-0.2, -0.15) is 0 Å². The highest BCUT2D eigenvalue weighted by molar-refractivity contribution is 5.86. The van der Waals surface area contributed by atoms with Crippen LogP contribution < -0.4 is 0 Å². The first-order valence-electron chi connectivity index (χ1n) is 6.64. The molecule has 0 aromatic heterocycles. The smallest absolute Gasteiger partial charge is 0.411 e. The zero-order valence-corrected chi connectivity index (χ0v) is 12.4. The van der Waals surface area contributed by atoms with Crippen LogP contribution in [0.15, 0.2) is 0 Å². The molecule has 7 heteroatoms. The standard InChI is InChI=1S/C13H22F2N2O3/c1-13(2,3)20-12(19)17-8-7-16(4)11(18)9(17)5-6-10(14)15/h9-10H,5-8H2,1-4H3. The molecule has 0 N–H and O–H groups in total. The zero-order chi connectivity index (χ0) is 15.5. The Hall–Kier alpha value is -1.40. The van der Waals surface area contributed by atoms with Gasteiger partial charge in [0.25, 0.3) is 0 Å². The Labute approximate surface area is 117 Å². The summed E-state index contributed by atoms with van der Waals surface area (Å²) in [4.78, 5) is 26.8. The number of ether oxygens (including phenoxy) is 1. The number of amides is 2. The van der Waals surface area contributed by atoms with Gasteiger partial charge in [0.2, 0.25) is 12.3 Å². The molecule has 0 radical (unpaired) electrons. The van der Waals surface area contributed by atoms with Gasteiger partial charge in [-0.15, -0.1) is 0 Å². The van der Waals surface area contributed by atoms with Crippen molar-refractivity contribution in [3.8, 4) is 0 Å². The maximum Gasteiger partial charge on any atom is 0.411 e. The first-order chi connectivity index (χ1) is 9.11. The van der Waals surface area contributed by atoms with Gasteiger partial charge in [-0.05, 0) is 27.2 Å². The van der Waals surface area contributed by atoms with Crippen LogP contribution in [0.2, 0.25) is 0 Å². The van der Waals surface area contributed by atoms with Gasteiger partial charge in [0.1, 0.15) is 11.6 Å². The largest absolute Gasteiger partial charge is 0.444 e. The minimum absolute atomic E-state index is 0.0555. The van der Waals surface area contributed by atoms with Crippen molar-refractivity contribution >= 4 is 12.0 Å². The van der Waals surface area contributed by atoms with E-state index in [9.17, 15) is 18.4 Å². The van der Waals surface area contributed by atoms with E-state index in [-0.39, 0.29) is 12.3 Å². The molecule has 0 aromatic rings. The van der Waals surface area contributed by atoms with Crippen molar-refractivity contribution in [2.45, 2.75) is 51.7 Å². The summed E-state index contributed by atoms with van der Waals surface area (Å²) in [5.41, 5.74) is -0.684. The lowest BCUT2D eigenvalue weighted by molar-refractivity contribution is -0.140. The zero-order valence-electron chi connectivity index (χ0n) is 12.4. The van der Waals surface area contributed by atoms with E-state index in [2.05, 4.69) is 0 Å². The first kappa shape index (κ1) is 16.7. The summed E-state index contributed by atoms with van der Waals surface area (Å²) in [6.45, 7) is 5.83. The molecule has 20 heavy (non-hydrogen) atoms. The van der Waals surface area contributed by atoms with Crippen LogP contribution in [0.25, 0.3) is 0 Å². The Bertz CT molecular complexity index is 369. The Morgan fingerprint density at radius 1 is 1.40 bits per heavy atom. The molecular weight excluding hydrogens is 270 g/mol. The Morgan fingerprint density at radius 2 is 2.00 bits per heavy atom. The molecule has 0 spiro atoms. The second-order valence-electron chi connectivity index (χ2n) is 5.92. The fourth-order valence-electron chi connectivity index (χ4n) is 2.01. The van der Waals surface area contributed by atoms with Gasteiger partial charge >= 0.3 is 6.09 Å². The quantitative estimate of drug-likeness (QED) is 0.800. The summed E-state index contributed by atoms with van der Waals surface area (Å²) in [6, 6.07) is -0.863. The highest BCUT2D eigenvalue weighted by atomic mass is 19.3. The lowest BCUT2D eigenvalue weighted by atomic mass is 10.1. The van der Waals surface area contributed by atoms with Crippen molar-refractivity contribution in [2.24, 2.45) is 0 Å². The van der Waals surface area contributed by atoms with E-state index in [1.807, 2.05) is 0 Å². The number of carbonyl (C=O) groups is 2. The molecule has 1 fully saturated rings. The molecule has 1 aliphatic rings. The van der Waals surface area contributed by atoms with Gasteiger partial charge in [0, 0.05) is 26.6 Å². The predicted molar refractivity (Wildman–Crippen MR) is 69.6 cm³/mol. The molecule has 1 atom stereocenters. The lowest BCUT2D eigenvalue weighted by Crippen LogP contribution is -2.58. The van der Waals surface area contributed by atoms with Crippen LogP contribution >= 0.6 is 0 Å². The molecule has 0 aliphatic carbocycles. The molecule has 5 nitrogen and oxygen atoms in total. The van der Waals surface area contributed by atoms with Crippen LogP contribution in [0, 0.1) is 0 Å². The van der Waals surface area contributed by atoms with E-state index in [1.165, 1.54) is 9.80 Å². The van der Waals surface area contributed by atoms with E-state index >= 15 is 0 Å². The van der Waals surface area contributed by atoms with Crippen LogP contribution in [-0.2, 0) is 9.53 Å². The number of halogens is 2. The van der Waals surface area contributed by atoms with E-state index in [1.54, 1.807) is 27.8 Å². The number of rotatable bonds is 3. The molecule has 1 aliphatic heterocycles. The van der Waals surface area contributed by atoms with E-state index in [4.69, 9.17) is 4.74 Å². The van der Waals surface area contributed by atoms with E-state index in [0.29, 0.717) is 13.1 Å². The summed E-state index contributed by atoms with van der Waals surface area (Å²) in [5.74, 6) is -0.317. The van der Waals surface area contributed by atoms with Gasteiger partial charge in [-0.3, -0.25) is 9.69 Å². The third-order valence-corrected chi connectivity index (χ3v) is 3.00. The molecular formula is C13H22F2N2O3. The predicted octanol–water partition coefficient (Wildman–Crippen LogP) is 2.11. The van der Waals surface area contributed by atoms with Gasteiger partial charge in [0.15, 0.2) is 0 Å². The third kappa shape index (κ3) is 4.61. The molecule has 2 amide bonds. The summed E-state index contributed by atoms with van der Waals surface area (Å²) in [5, 5.41) is 0. The number of hydrogen-bond donors (Lipinski definition) is 0. The first-order valence-corrected chi connectivity index (χ1v) is 6.64. The molecule has 1 unspecified atom stereocenters. The van der Waals surface area contributed by atoms with Gasteiger partial charge in [-0.1, -0.05) is 0 Å². The van der Waals surface area contributed by atoms with Gasteiger partial charge in [-0.25, -0.2) is 13.6 Å². The second kappa shape index (κ2) is 6.37. The highest BCUT2D eigenvalue weighted by Gasteiger charge is 2.38.